The lowest BCUT2D eigenvalue weighted by atomic mass is 9.98. The van der Waals surface area contributed by atoms with Crippen molar-refractivity contribution in [2.24, 2.45) is 0 Å². The number of nitrogens with one attached hydrogen (secondary N) is 1. The van der Waals surface area contributed by atoms with Gasteiger partial charge in [-0.2, -0.15) is 0 Å². The lowest BCUT2D eigenvalue weighted by Gasteiger charge is -2.20. The van der Waals surface area contributed by atoms with Crippen molar-refractivity contribution in [1.82, 2.24) is 4.90 Å². The Hall–Kier alpha value is -2.84. The summed E-state index contributed by atoms with van der Waals surface area (Å²) in [7, 11) is -3.45. The third-order valence-corrected chi connectivity index (χ3v) is 6.74. The maximum absolute atomic E-state index is 13.6. The molecule has 1 N–H and O–H groups in total. The van der Waals surface area contributed by atoms with E-state index in [4.69, 9.17) is 9.15 Å². The molecule has 7 nitrogen and oxygen atoms in total. The highest BCUT2D eigenvalue weighted by Gasteiger charge is 2.22. The van der Waals surface area contributed by atoms with Gasteiger partial charge in [0.1, 0.15) is 17.1 Å². The number of carbonyl (C=O) groups is 1. The number of carbonyl (C=O) groups excluding carboxylic acids is 1. The second-order valence-corrected chi connectivity index (χ2v) is 11.2. The number of unbranched alkanes of at least 4 members (excludes halogenated alkanes) is 1. The van der Waals surface area contributed by atoms with Crippen molar-refractivity contribution in [3.8, 4) is 5.75 Å². The van der Waals surface area contributed by atoms with Crippen LogP contribution in [0.25, 0.3) is 11.0 Å². The molecule has 0 saturated heterocycles. The monoisotopic (exact) mass is 528 g/mol. The molecule has 0 fully saturated rings. The standard InChI is InChI=1S/C29H40N2O5S/c1-5-8-10-27-28(25-21-23(30-37(4,33)34)13-16-26(25)36-27)29(32)22-11-14-24(15-12-22)35-20-9-19-31(17-6-2)18-7-3/h11-16,21,30H,5-10,17-20H2,1-4H3. The number of nitrogens with zero attached hydrogens (tertiary/aromatic N) is 1. The Morgan fingerprint density at radius 3 is 2.27 bits per heavy atom. The number of anilines is 1. The topological polar surface area (TPSA) is 88.8 Å². The van der Waals surface area contributed by atoms with Crippen molar-refractivity contribution in [1.29, 1.82) is 0 Å². The summed E-state index contributed by atoms with van der Waals surface area (Å²) in [5.41, 5.74) is 1.98. The quantitative estimate of drug-likeness (QED) is 0.174. The van der Waals surface area contributed by atoms with Gasteiger partial charge in [-0.3, -0.25) is 9.52 Å². The number of furan rings is 1. The van der Waals surface area contributed by atoms with Crippen molar-refractivity contribution in [2.45, 2.75) is 59.3 Å². The van der Waals surface area contributed by atoms with E-state index in [2.05, 4.69) is 30.4 Å². The first-order valence-corrected chi connectivity index (χ1v) is 15.2. The number of benzene rings is 2. The van der Waals surface area contributed by atoms with Gasteiger partial charge < -0.3 is 14.1 Å². The molecule has 0 aliphatic heterocycles. The predicted molar refractivity (Wildman–Crippen MR) is 150 cm³/mol. The number of aryl methyl sites for hydroxylation is 1. The highest BCUT2D eigenvalue weighted by Crippen LogP contribution is 2.32. The Bertz CT molecular complexity index is 1260. The van der Waals surface area contributed by atoms with Crippen molar-refractivity contribution in [2.75, 3.05) is 37.2 Å². The number of ether oxygens (including phenoxy) is 1. The Balaban J connectivity index is 1.76. The Labute approximate surface area is 221 Å². The minimum atomic E-state index is -3.45. The van der Waals surface area contributed by atoms with E-state index in [1.807, 2.05) is 12.1 Å². The van der Waals surface area contributed by atoms with E-state index in [1.54, 1.807) is 30.3 Å². The summed E-state index contributed by atoms with van der Waals surface area (Å²) in [6.45, 7) is 10.4. The highest BCUT2D eigenvalue weighted by molar-refractivity contribution is 7.92. The minimum Gasteiger partial charge on any atom is -0.494 e. The van der Waals surface area contributed by atoms with Gasteiger partial charge in [0.2, 0.25) is 10.0 Å². The van der Waals surface area contributed by atoms with E-state index in [0.717, 1.165) is 63.7 Å². The molecule has 0 bridgehead atoms. The zero-order valence-electron chi connectivity index (χ0n) is 22.5. The first-order chi connectivity index (χ1) is 17.8. The van der Waals surface area contributed by atoms with Crippen LogP contribution in [-0.2, 0) is 16.4 Å². The van der Waals surface area contributed by atoms with E-state index in [-0.39, 0.29) is 5.78 Å². The molecule has 3 rings (SSSR count). The zero-order valence-corrected chi connectivity index (χ0v) is 23.3. The van der Waals surface area contributed by atoms with Crippen LogP contribution in [0.1, 0.15) is 74.6 Å². The lowest BCUT2D eigenvalue weighted by Crippen LogP contribution is -2.27. The van der Waals surface area contributed by atoms with Crippen LogP contribution in [0.4, 0.5) is 5.69 Å². The molecule has 3 aromatic rings. The van der Waals surface area contributed by atoms with Crippen LogP contribution in [0.5, 0.6) is 5.75 Å². The van der Waals surface area contributed by atoms with E-state index in [9.17, 15) is 13.2 Å². The molecule has 0 aliphatic rings. The molecule has 0 amide bonds. The molecule has 0 saturated carbocycles. The lowest BCUT2D eigenvalue weighted by molar-refractivity contribution is 0.103. The van der Waals surface area contributed by atoms with Crippen LogP contribution in [-0.4, -0.2) is 51.6 Å². The van der Waals surface area contributed by atoms with Gasteiger partial charge in [0.05, 0.1) is 18.4 Å². The molecule has 0 radical (unpaired) electrons. The summed E-state index contributed by atoms with van der Waals surface area (Å²) in [6, 6.07) is 12.2. The number of ketones is 1. The fourth-order valence-corrected chi connectivity index (χ4v) is 5.04. The van der Waals surface area contributed by atoms with Gasteiger partial charge >= 0.3 is 0 Å². The Morgan fingerprint density at radius 2 is 1.65 bits per heavy atom. The molecule has 202 valence electrons. The first-order valence-electron chi connectivity index (χ1n) is 13.3. The van der Waals surface area contributed by atoms with Gasteiger partial charge in [-0.25, -0.2) is 8.42 Å². The summed E-state index contributed by atoms with van der Waals surface area (Å²) in [4.78, 5) is 16.1. The maximum atomic E-state index is 13.6. The molecule has 2 aromatic carbocycles. The molecule has 0 spiro atoms. The number of hydrogen-bond donors (Lipinski definition) is 1. The summed E-state index contributed by atoms with van der Waals surface area (Å²) in [5.74, 6) is 1.21. The van der Waals surface area contributed by atoms with E-state index in [1.165, 1.54) is 0 Å². The van der Waals surface area contributed by atoms with Crippen molar-refractivity contribution in [3.05, 3.63) is 59.4 Å². The summed E-state index contributed by atoms with van der Waals surface area (Å²) in [5, 5.41) is 0.605. The highest BCUT2D eigenvalue weighted by atomic mass is 32.2. The molecule has 0 atom stereocenters. The zero-order chi connectivity index (χ0) is 26.8. The number of rotatable bonds is 16. The van der Waals surface area contributed by atoms with Gasteiger partial charge in [0, 0.05) is 29.6 Å². The smallest absolute Gasteiger partial charge is 0.229 e. The third kappa shape index (κ3) is 8.33. The molecule has 0 aliphatic carbocycles. The fraction of sp³-hybridized carbons (Fsp3) is 0.483. The van der Waals surface area contributed by atoms with Crippen LogP contribution in [0.2, 0.25) is 0 Å². The summed E-state index contributed by atoms with van der Waals surface area (Å²) >= 11 is 0. The molecular formula is C29H40N2O5S. The second-order valence-electron chi connectivity index (χ2n) is 9.49. The van der Waals surface area contributed by atoms with Crippen molar-refractivity contribution < 1.29 is 22.4 Å². The van der Waals surface area contributed by atoms with Gasteiger partial charge in [-0.15, -0.1) is 0 Å². The normalized spacial score (nSPS) is 11.8. The average molecular weight is 529 g/mol. The van der Waals surface area contributed by atoms with E-state index in [0.29, 0.717) is 46.6 Å². The van der Waals surface area contributed by atoms with Crippen LogP contribution >= 0.6 is 0 Å². The van der Waals surface area contributed by atoms with Gasteiger partial charge in [-0.1, -0.05) is 27.2 Å². The Kier molecular flexibility index (Phi) is 10.6. The minimum absolute atomic E-state index is 0.150. The van der Waals surface area contributed by atoms with Gasteiger partial charge in [-0.05, 0) is 81.2 Å². The number of hydrogen-bond acceptors (Lipinski definition) is 6. The molecule has 1 heterocycles. The van der Waals surface area contributed by atoms with Crippen molar-refractivity contribution >= 4 is 32.5 Å². The van der Waals surface area contributed by atoms with Gasteiger partial charge in [0.25, 0.3) is 0 Å². The third-order valence-electron chi connectivity index (χ3n) is 6.13. The maximum Gasteiger partial charge on any atom is 0.229 e. The average Bonchev–Trinajstić information content (AvgIpc) is 3.22. The number of sulfonamides is 1. The summed E-state index contributed by atoms with van der Waals surface area (Å²) < 4.78 is 37.9. The second kappa shape index (κ2) is 13.6. The predicted octanol–water partition coefficient (Wildman–Crippen LogP) is 6.27. The Morgan fingerprint density at radius 1 is 0.946 bits per heavy atom. The fourth-order valence-electron chi connectivity index (χ4n) is 4.48. The first kappa shape index (κ1) is 28.7. The molecular weight excluding hydrogens is 488 g/mol. The summed E-state index contributed by atoms with van der Waals surface area (Å²) in [6.07, 6.45) is 6.83. The van der Waals surface area contributed by atoms with Crippen LogP contribution in [0.15, 0.2) is 46.9 Å². The SMILES string of the molecule is CCCCc1oc2ccc(NS(C)(=O)=O)cc2c1C(=O)c1ccc(OCCCN(CCC)CCC)cc1. The van der Waals surface area contributed by atoms with Crippen LogP contribution < -0.4 is 9.46 Å². The van der Waals surface area contributed by atoms with Crippen molar-refractivity contribution in [3.63, 3.8) is 0 Å². The molecule has 1 aromatic heterocycles. The molecule has 0 unspecified atom stereocenters. The van der Waals surface area contributed by atoms with E-state index >= 15 is 0 Å². The van der Waals surface area contributed by atoms with E-state index < -0.39 is 10.0 Å². The largest absolute Gasteiger partial charge is 0.494 e. The van der Waals surface area contributed by atoms with Crippen LogP contribution in [0, 0.1) is 0 Å². The van der Waals surface area contributed by atoms with Crippen LogP contribution in [0.3, 0.4) is 0 Å². The molecule has 8 heteroatoms. The molecule has 37 heavy (non-hydrogen) atoms. The van der Waals surface area contributed by atoms with Gasteiger partial charge in [0.15, 0.2) is 5.78 Å². The number of fused-ring (bicyclic) bond motifs is 1.